The zero-order chi connectivity index (χ0) is 12.8. The molecule has 0 aliphatic heterocycles. The summed E-state index contributed by atoms with van der Waals surface area (Å²) in [7, 11) is 0. The van der Waals surface area contributed by atoms with Gasteiger partial charge in [-0.2, -0.15) is 0 Å². The van der Waals surface area contributed by atoms with Crippen LogP contribution in [0, 0.1) is 5.92 Å². The lowest BCUT2D eigenvalue weighted by atomic mass is 10.0. The van der Waals surface area contributed by atoms with Gasteiger partial charge in [-0.25, -0.2) is 0 Å². The molecule has 17 heavy (non-hydrogen) atoms. The quantitative estimate of drug-likeness (QED) is 0.762. The molecular formula is C14H21Cl2N. The first kappa shape index (κ1) is 14.8. The minimum absolute atomic E-state index is 0.238. The molecule has 0 aliphatic carbocycles. The summed E-state index contributed by atoms with van der Waals surface area (Å²) >= 11 is 12.2. The predicted molar refractivity (Wildman–Crippen MR) is 77.0 cm³/mol. The van der Waals surface area contributed by atoms with E-state index in [9.17, 15) is 0 Å². The molecule has 0 aromatic heterocycles. The first-order valence-corrected chi connectivity index (χ1v) is 7.02. The van der Waals surface area contributed by atoms with Gasteiger partial charge in [0.05, 0.1) is 0 Å². The van der Waals surface area contributed by atoms with E-state index in [0.29, 0.717) is 0 Å². The SMILES string of the molecule is CCC(CC)CNC(C)c1cc(Cl)ccc1Cl. The van der Waals surface area contributed by atoms with Crippen molar-refractivity contribution in [2.45, 2.75) is 39.7 Å². The average Bonchev–Trinajstić information content (AvgIpc) is 2.33. The summed E-state index contributed by atoms with van der Waals surface area (Å²) < 4.78 is 0. The van der Waals surface area contributed by atoms with Crippen LogP contribution in [-0.4, -0.2) is 6.54 Å². The lowest BCUT2D eigenvalue weighted by Gasteiger charge is -2.20. The molecule has 0 saturated heterocycles. The van der Waals surface area contributed by atoms with Crippen molar-refractivity contribution in [3.05, 3.63) is 33.8 Å². The summed E-state index contributed by atoms with van der Waals surface area (Å²) in [5.74, 6) is 0.732. The molecule has 0 radical (unpaired) electrons. The second-order valence-electron chi connectivity index (χ2n) is 4.48. The molecule has 0 aliphatic rings. The van der Waals surface area contributed by atoms with Crippen LogP contribution in [0.2, 0.25) is 10.0 Å². The van der Waals surface area contributed by atoms with Crippen molar-refractivity contribution >= 4 is 23.2 Å². The predicted octanol–water partition coefficient (Wildman–Crippen LogP) is 5.08. The molecular weight excluding hydrogens is 253 g/mol. The highest BCUT2D eigenvalue weighted by Gasteiger charge is 2.11. The van der Waals surface area contributed by atoms with E-state index in [1.54, 1.807) is 0 Å². The van der Waals surface area contributed by atoms with Crippen molar-refractivity contribution in [3.63, 3.8) is 0 Å². The molecule has 1 unspecified atom stereocenters. The summed E-state index contributed by atoms with van der Waals surface area (Å²) in [6, 6.07) is 5.85. The lowest BCUT2D eigenvalue weighted by molar-refractivity contribution is 0.422. The van der Waals surface area contributed by atoms with Crippen LogP contribution in [0.25, 0.3) is 0 Å². The zero-order valence-electron chi connectivity index (χ0n) is 10.8. The van der Waals surface area contributed by atoms with Crippen molar-refractivity contribution < 1.29 is 0 Å². The van der Waals surface area contributed by atoms with Gasteiger partial charge >= 0.3 is 0 Å². The Morgan fingerprint density at radius 1 is 1.18 bits per heavy atom. The summed E-state index contributed by atoms with van der Waals surface area (Å²) in [6.45, 7) is 7.61. The lowest BCUT2D eigenvalue weighted by Crippen LogP contribution is -2.25. The molecule has 1 aromatic carbocycles. The Morgan fingerprint density at radius 3 is 2.41 bits per heavy atom. The third-order valence-electron chi connectivity index (χ3n) is 3.29. The van der Waals surface area contributed by atoms with Crippen LogP contribution in [0.1, 0.15) is 45.2 Å². The fourth-order valence-electron chi connectivity index (χ4n) is 1.88. The normalized spacial score (nSPS) is 13.1. The molecule has 96 valence electrons. The van der Waals surface area contributed by atoms with E-state index in [2.05, 4.69) is 26.1 Å². The van der Waals surface area contributed by atoms with Gasteiger partial charge in [0, 0.05) is 16.1 Å². The first-order valence-electron chi connectivity index (χ1n) is 6.26. The number of rotatable bonds is 6. The van der Waals surface area contributed by atoms with Crippen LogP contribution < -0.4 is 5.32 Å². The Balaban J connectivity index is 2.63. The molecule has 0 bridgehead atoms. The van der Waals surface area contributed by atoms with E-state index >= 15 is 0 Å². The van der Waals surface area contributed by atoms with E-state index in [-0.39, 0.29) is 6.04 Å². The molecule has 1 atom stereocenters. The van der Waals surface area contributed by atoms with Gasteiger partial charge in [-0.05, 0) is 43.1 Å². The van der Waals surface area contributed by atoms with Gasteiger partial charge in [0.15, 0.2) is 0 Å². The largest absolute Gasteiger partial charge is 0.310 e. The summed E-state index contributed by atoms with van der Waals surface area (Å²) in [6.07, 6.45) is 2.42. The molecule has 1 nitrogen and oxygen atoms in total. The van der Waals surface area contributed by atoms with Crippen LogP contribution in [-0.2, 0) is 0 Å². The highest BCUT2D eigenvalue weighted by molar-refractivity contribution is 6.33. The van der Waals surface area contributed by atoms with E-state index in [1.165, 1.54) is 12.8 Å². The van der Waals surface area contributed by atoms with E-state index in [1.807, 2.05) is 18.2 Å². The summed E-state index contributed by atoms with van der Waals surface area (Å²) in [4.78, 5) is 0. The maximum atomic E-state index is 6.18. The van der Waals surface area contributed by atoms with Crippen LogP contribution in [0.4, 0.5) is 0 Å². The molecule has 0 saturated carbocycles. The number of nitrogens with one attached hydrogen (secondary N) is 1. The van der Waals surface area contributed by atoms with Gasteiger partial charge in [-0.1, -0.05) is 49.9 Å². The molecule has 0 heterocycles. The van der Waals surface area contributed by atoms with Crippen LogP contribution >= 0.6 is 23.2 Å². The third-order valence-corrected chi connectivity index (χ3v) is 3.87. The second-order valence-corrected chi connectivity index (χ2v) is 5.32. The van der Waals surface area contributed by atoms with E-state index < -0.39 is 0 Å². The van der Waals surface area contributed by atoms with Crippen molar-refractivity contribution in [3.8, 4) is 0 Å². The molecule has 0 amide bonds. The fraction of sp³-hybridized carbons (Fsp3) is 0.571. The summed E-state index contributed by atoms with van der Waals surface area (Å²) in [5.41, 5.74) is 1.07. The Hall–Kier alpha value is -0.240. The average molecular weight is 274 g/mol. The van der Waals surface area contributed by atoms with Crippen molar-refractivity contribution in [2.75, 3.05) is 6.54 Å². The topological polar surface area (TPSA) is 12.0 Å². The smallest absolute Gasteiger partial charge is 0.0454 e. The molecule has 0 spiro atoms. The minimum atomic E-state index is 0.238. The second kappa shape index (κ2) is 7.25. The van der Waals surface area contributed by atoms with Crippen LogP contribution in [0.15, 0.2) is 18.2 Å². The molecule has 0 fully saturated rings. The van der Waals surface area contributed by atoms with E-state index in [0.717, 1.165) is 28.1 Å². The summed E-state index contributed by atoms with van der Waals surface area (Å²) in [5, 5.41) is 5.04. The minimum Gasteiger partial charge on any atom is -0.310 e. The van der Waals surface area contributed by atoms with E-state index in [4.69, 9.17) is 23.2 Å². The van der Waals surface area contributed by atoms with Gasteiger partial charge in [0.2, 0.25) is 0 Å². The molecule has 1 N–H and O–H groups in total. The van der Waals surface area contributed by atoms with Gasteiger partial charge in [-0.3, -0.25) is 0 Å². The van der Waals surface area contributed by atoms with Crippen molar-refractivity contribution in [1.29, 1.82) is 0 Å². The van der Waals surface area contributed by atoms with Gasteiger partial charge in [0.25, 0.3) is 0 Å². The van der Waals surface area contributed by atoms with Gasteiger partial charge in [0.1, 0.15) is 0 Å². The third kappa shape index (κ3) is 4.50. The molecule has 3 heteroatoms. The maximum absolute atomic E-state index is 6.18. The van der Waals surface area contributed by atoms with Gasteiger partial charge in [-0.15, -0.1) is 0 Å². The molecule has 1 aromatic rings. The number of hydrogen-bond donors (Lipinski definition) is 1. The van der Waals surface area contributed by atoms with Crippen LogP contribution in [0.5, 0.6) is 0 Å². The first-order chi connectivity index (χ1) is 8.08. The number of halogens is 2. The standard InChI is InChI=1S/C14H21Cl2N/c1-4-11(5-2)9-17-10(3)13-8-12(15)6-7-14(13)16/h6-8,10-11,17H,4-5,9H2,1-3H3. The van der Waals surface area contributed by atoms with Gasteiger partial charge < -0.3 is 5.32 Å². The Kier molecular flexibility index (Phi) is 6.32. The highest BCUT2D eigenvalue weighted by Crippen LogP contribution is 2.26. The van der Waals surface area contributed by atoms with Crippen molar-refractivity contribution in [2.24, 2.45) is 5.92 Å². The number of hydrogen-bond acceptors (Lipinski definition) is 1. The Bertz CT molecular complexity index is 348. The Labute approximate surface area is 115 Å². The fourth-order valence-corrected chi connectivity index (χ4v) is 2.34. The monoisotopic (exact) mass is 273 g/mol. The highest BCUT2D eigenvalue weighted by atomic mass is 35.5. The van der Waals surface area contributed by atoms with Crippen LogP contribution in [0.3, 0.4) is 0 Å². The number of benzene rings is 1. The van der Waals surface area contributed by atoms with Crippen molar-refractivity contribution in [1.82, 2.24) is 5.32 Å². The maximum Gasteiger partial charge on any atom is 0.0454 e. The molecule has 1 rings (SSSR count). The zero-order valence-corrected chi connectivity index (χ0v) is 12.3. The Morgan fingerprint density at radius 2 is 1.82 bits per heavy atom.